The zero-order valence-corrected chi connectivity index (χ0v) is 27.8. The van der Waals surface area contributed by atoms with Crippen LogP contribution < -0.4 is 0 Å². The highest BCUT2D eigenvalue weighted by Gasteiger charge is 2.54. The first-order valence-corrected chi connectivity index (χ1v) is 16.9. The number of carboxylic acids is 1. The van der Waals surface area contributed by atoms with E-state index in [1.54, 1.807) is 0 Å². The van der Waals surface area contributed by atoms with E-state index >= 15 is 0 Å². The van der Waals surface area contributed by atoms with Crippen LogP contribution in [0.5, 0.6) is 0 Å². The number of hydrogen-bond donors (Lipinski definition) is 1. The number of piperidine rings is 2. The van der Waals surface area contributed by atoms with E-state index < -0.39 is 12.1 Å². The van der Waals surface area contributed by atoms with E-state index in [1.165, 1.54) is 19.4 Å². The Morgan fingerprint density at radius 2 is 1.61 bits per heavy atom. The molecule has 1 N–H and O–H groups in total. The molecule has 1 spiro atoms. The molecule has 1 aromatic carbocycles. The molecule has 4 heterocycles. The summed E-state index contributed by atoms with van der Waals surface area (Å²) in [5.74, 6) is -2.57. The zero-order valence-electron chi connectivity index (χ0n) is 27.8. The van der Waals surface area contributed by atoms with Crippen LogP contribution in [-0.2, 0) is 9.53 Å². The summed E-state index contributed by atoms with van der Waals surface area (Å²) in [5.41, 5.74) is 2.68. The summed E-state index contributed by atoms with van der Waals surface area (Å²) in [6.45, 7) is 11.9. The predicted octanol–water partition coefficient (Wildman–Crippen LogP) is 5.87. The van der Waals surface area contributed by atoms with Crippen molar-refractivity contribution in [1.82, 2.24) is 19.6 Å². The van der Waals surface area contributed by atoms with E-state index in [4.69, 9.17) is 14.6 Å². The molecule has 4 saturated heterocycles. The second-order valence-corrected chi connectivity index (χ2v) is 13.5. The number of ether oxygens (including phenoxy) is 1. The molecule has 0 saturated carbocycles. The largest absolute Gasteiger partial charge is 0.490 e. The van der Waals surface area contributed by atoms with Gasteiger partial charge < -0.3 is 24.5 Å². The second-order valence-electron chi connectivity index (χ2n) is 13.5. The van der Waals surface area contributed by atoms with Gasteiger partial charge >= 0.3 is 18.2 Å². The summed E-state index contributed by atoms with van der Waals surface area (Å²) in [6, 6.07) is 7.40. The van der Waals surface area contributed by atoms with Gasteiger partial charge in [0.15, 0.2) is 0 Å². The van der Waals surface area contributed by atoms with Crippen LogP contribution in [-0.4, -0.2) is 119 Å². The number of aryl methyl sites for hydroxylation is 2. The summed E-state index contributed by atoms with van der Waals surface area (Å²) in [5, 5.41) is 7.12. The van der Waals surface area contributed by atoms with Gasteiger partial charge in [-0.3, -0.25) is 9.69 Å². The predicted molar refractivity (Wildman–Crippen MR) is 169 cm³/mol. The lowest BCUT2D eigenvalue weighted by Crippen LogP contribution is -2.56. The van der Waals surface area contributed by atoms with E-state index in [1.807, 2.05) is 32.0 Å². The maximum absolute atomic E-state index is 13.3. The van der Waals surface area contributed by atoms with Crippen LogP contribution in [0.25, 0.3) is 0 Å². The quantitative estimate of drug-likeness (QED) is 0.376. The Labute approximate surface area is 271 Å². The molecular formula is C34H51F3N4O5. The number of unbranched alkanes of at least 4 members (excludes halogenated alkanes) is 1. The van der Waals surface area contributed by atoms with Crippen molar-refractivity contribution in [2.24, 2.45) is 0 Å². The molecule has 5 rings (SSSR count). The molecule has 1 aromatic rings. The number of aliphatic carboxylic acids is 1. The molecule has 0 radical (unpaired) electrons. The fourth-order valence-electron chi connectivity index (χ4n) is 7.85. The number of benzene rings is 1. The Kier molecular flexibility index (Phi) is 12.0. The monoisotopic (exact) mass is 652 g/mol. The van der Waals surface area contributed by atoms with Gasteiger partial charge in [0, 0.05) is 63.2 Å². The van der Waals surface area contributed by atoms with Gasteiger partial charge in [0.05, 0.1) is 6.04 Å². The van der Waals surface area contributed by atoms with Crippen LogP contribution in [0, 0.1) is 13.8 Å². The lowest BCUT2D eigenvalue weighted by molar-refractivity contribution is -0.192. The first-order chi connectivity index (χ1) is 21.8. The highest BCUT2D eigenvalue weighted by Crippen LogP contribution is 2.42. The van der Waals surface area contributed by atoms with E-state index in [0.717, 1.165) is 101 Å². The molecule has 2 atom stereocenters. The maximum atomic E-state index is 13.3. The lowest BCUT2D eigenvalue weighted by Gasteiger charge is -2.46. The molecule has 0 bridgehead atoms. The number of alkyl halides is 3. The third-order valence-electron chi connectivity index (χ3n) is 10.6. The highest BCUT2D eigenvalue weighted by atomic mass is 19.4. The second kappa shape index (κ2) is 15.4. The topological polar surface area (TPSA) is 93.6 Å². The van der Waals surface area contributed by atoms with Crippen molar-refractivity contribution in [1.29, 1.82) is 0 Å². The molecule has 2 amide bonds. The minimum absolute atomic E-state index is 0.0801. The number of nitrogens with zero attached hydrogens (tertiary/aromatic N) is 4. The molecule has 4 aliphatic rings. The summed E-state index contributed by atoms with van der Waals surface area (Å²) in [7, 11) is 2.22. The Morgan fingerprint density at radius 1 is 1.00 bits per heavy atom. The first-order valence-electron chi connectivity index (χ1n) is 16.9. The Bertz CT molecular complexity index is 1190. The smallest absolute Gasteiger partial charge is 0.475 e. The number of hydrogen-bond acceptors (Lipinski definition) is 6. The van der Waals surface area contributed by atoms with E-state index in [9.17, 15) is 22.8 Å². The van der Waals surface area contributed by atoms with Crippen molar-refractivity contribution in [3.8, 4) is 0 Å². The fourth-order valence-corrected chi connectivity index (χ4v) is 7.85. The van der Waals surface area contributed by atoms with Crippen molar-refractivity contribution in [2.45, 2.75) is 115 Å². The molecular weight excluding hydrogens is 601 g/mol. The van der Waals surface area contributed by atoms with Gasteiger partial charge in [0.1, 0.15) is 5.60 Å². The maximum Gasteiger partial charge on any atom is 0.490 e. The summed E-state index contributed by atoms with van der Waals surface area (Å²) in [4.78, 5) is 44.6. The van der Waals surface area contributed by atoms with Gasteiger partial charge in [-0.1, -0.05) is 38.0 Å². The van der Waals surface area contributed by atoms with Crippen LogP contribution >= 0.6 is 0 Å². The highest BCUT2D eigenvalue weighted by molar-refractivity contribution is 5.97. The Morgan fingerprint density at radius 3 is 2.13 bits per heavy atom. The minimum Gasteiger partial charge on any atom is -0.475 e. The third kappa shape index (κ3) is 8.34. The average molecular weight is 653 g/mol. The normalized spacial score (nSPS) is 24.2. The van der Waals surface area contributed by atoms with E-state index in [-0.39, 0.29) is 23.6 Å². The first kappa shape index (κ1) is 36.0. The number of likely N-dealkylation sites (tertiary alicyclic amines) is 3. The summed E-state index contributed by atoms with van der Waals surface area (Å²) >= 11 is 0. The molecule has 12 heteroatoms. The van der Waals surface area contributed by atoms with Crippen LogP contribution in [0.1, 0.15) is 92.6 Å². The van der Waals surface area contributed by atoms with Crippen molar-refractivity contribution < 1.29 is 37.4 Å². The minimum atomic E-state index is -5.08. The lowest BCUT2D eigenvalue weighted by atomic mass is 9.81. The SMILES string of the molecule is CCCCC1N(CCC2CCCN2C)C(=O)OC12CCN(C1CCN(C(=O)c3c(C)cccc3C)CC1)CC2.O=C(O)C(F)(F)F. The molecule has 0 aliphatic carbocycles. The summed E-state index contributed by atoms with van der Waals surface area (Å²) in [6.07, 6.45) is 5.61. The van der Waals surface area contributed by atoms with Crippen molar-refractivity contribution in [2.75, 3.05) is 46.3 Å². The van der Waals surface area contributed by atoms with Gasteiger partial charge in [-0.05, 0) is 77.1 Å². The van der Waals surface area contributed by atoms with Crippen LogP contribution in [0.3, 0.4) is 0 Å². The van der Waals surface area contributed by atoms with Crippen LogP contribution in [0.2, 0.25) is 0 Å². The Hall–Kier alpha value is -2.86. The number of amides is 2. The molecule has 9 nitrogen and oxygen atoms in total. The number of carbonyl (C=O) groups excluding carboxylic acids is 2. The molecule has 2 unspecified atom stereocenters. The molecule has 46 heavy (non-hydrogen) atoms. The number of rotatable bonds is 8. The zero-order chi connectivity index (χ0) is 33.6. The van der Waals surface area contributed by atoms with Crippen LogP contribution in [0.15, 0.2) is 18.2 Å². The van der Waals surface area contributed by atoms with Crippen molar-refractivity contribution >= 4 is 18.0 Å². The van der Waals surface area contributed by atoms with Gasteiger partial charge in [-0.25, -0.2) is 9.59 Å². The number of halogens is 3. The average Bonchev–Trinajstić information content (AvgIpc) is 3.53. The molecule has 4 fully saturated rings. The molecule has 258 valence electrons. The van der Waals surface area contributed by atoms with E-state index in [0.29, 0.717) is 12.1 Å². The number of carboxylic acid groups (broad SMARTS) is 1. The van der Waals surface area contributed by atoms with Crippen molar-refractivity contribution in [3.05, 3.63) is 34.9 Å². The van der Waals surface area contributed by atoms with Gasteiger partial charge in [0.2, 0.25) is 0 Å². The summed E-state index contributed by atoms with van der Waals surface area (Å²) < 4.78 is 38.0. The van der Waals surface area contributed by atoms with Gasteiger partial charge in [0.25, 0.3) is 5.91 Å². The fraction of sp³-hybridized carbons (Fsp3) is 0.735. The molecule has 4 aliphatic heterocycles. The standard InChI is InChI=1S/C32H50N4O3.C2HF3O2/c1-5-6-12-28-32(39-31(38)36(28)21-15-26-11-8-18-33(26)4)16-22-34(23-17-32)27-13-19-35(20-14-27)30(37)29-24(2)9-7-10-25(29)3;3-2(4,5)1(6)7/h7,9-10,26-28H,5-6,8,11-23H2,1-4H3;(H,6,7). The van der Waals surface area contributed by atoms with Gasteiger partial charge in [-0.2, -0.15) is 13.2 Å². The molecule has 0 aromatic heterocycles. The van der Waals surface area contributed by atoms with E-state index in [2.05, 4.69) is 33.6 Å². The van der Waals surface area contributed by atoms with Crippen LogP contribution in [0.4, 0.5) is 18.0 Å². The van der Waals surface area contributed by atoms with Crippen molar-refractivity contribution in [3.63, 3.8) is 0 Å². The number of carbonyl (C=O) groups is 3. The Balaban J connectivity index is 0.000000617. The van der Waals surface area contributed by atoms with Gasteiger partial charge in [-0.15, -0.1) is 0 Å². The third-order valence-corrected chi connectivity index (χ3v) is 10.6.